The highest BCUT2D eigenvalue weighted by atomic mass is 127. The third-order valence-corrected chi connectivity index (χ3v) is 5.22. The standard InChI is InChI=1S/C18H26BrN7.HI/c1-20-18(21-11-17-22-13-23-25(17)2)24-16-7-9-26(10-8-16)12-14-3-5-15(19)6-4-14;/h3-6,13,16H,7-12H2,1-2H3,(H2,20,21,24);1H. The number of hydrogen-bond acceptors (Lipinski definition) is 4. The van der Waals surface area contributed by atoms with Crippen molar-refractivity contribution in [1.29, 1.82) is 0 Å². The first-order valence-corrected chi connectivity index (χ1v) is 9.70. The second kappa shape index (κ2) is 11.0. The SMILES string of the molecule is CN=C(NCc1ncnn1C)NC1CCN(Cc2ccc(Br)cc2)CC1.I. The number of aliphatic imine (C=N–C) groups is 1. The fourth-order valence-electron chi connectivity index (χ4n) is 3.11. The largest absolute Gasteiger partial charge is 0.354 e. The van der Waals surface area contributed by atoms with E-state index in [1.165, 1.54) is 5.56 Å². The van der Waals surface area contributed by atoms with Gasteiger partial charge in [0.1, 0.15) is 12.2 Å². The van der Waals surface area contributed by atoms with Gasteiger partial charge < -0.3 is 10.6 Å². The zero-order valence-corrected chi connectivity index (χ0v) is 19.6. The Balaban J connectivity index is 0.00000261. The van der Waals surface area contributed by atoms with Crippen LogP contribution in [0.5, 0.6) is 0 Å². The molecular weight excluding hydrogens is 521 g/mol. The lowest BCUT2D eigenvalue weighted by atomic mass is 10.0. The van der Waals surface area contributed by atoms with Gasteiger partial charge in [0.15, 0.2) is 5.96 Å². The van der Waals surface area contributed by atoms with Crippen LogP contribution >= 0.6 is 39.9 Å². The molecule has 0 unspecified atom stereocenters. The van der Waals surface area contributed by atoms with Crippen molar-refractivity contribution in [2.75, 3.05) is 20.1 Å². The van der Waals surface area contributed by atoms with E-state index in [9.17, 15) is 0 Å². The molecule has 3 rings (SSSR count). The number of benzene rings is 1. The molecule has 148 valence electrons. The van der Waals surface area contributed by atoms with Gasteiger partial charge in [-0.15, -0.1) is 24.0 Å². The number of nitrogens with one attached hydrogen (secondary N) is 2. The van der Waals surface area contributed by atoms with Gasteiger partial charge in [-0.1, -0.05) is 28.1 Å². The molecule has 1 aliphatic rings. The van der Waals surface area contributed by atoms with Crippen molar-refractivity contribution in [3.63, 3.8) is 0 Å². The van der Waals surface area contributed by atoms with Gasteiger partial charge in [0.25, 0.3) is 0 Å². The maximum Gasteiger partial charge on any atom is 0.191 e. The van der Waals surface area contributed by atoms with Crippen molar-refractivity contribution in [2.24, 2.45) is 12.0 Å². The lowest BCUT2D eigenvalue weighted by Crippen LogP contribution is -2.48. The van der Waals surface area contributed by atoms with Crippen molar-refractivity contribution in [2.45, 2.75) is 32.0 Å². The molecule has 1 saturated heterocycles. The fourth-order valence-corrected chi connectivity index (χ4v) is 3.38. The Labute approximate surface area is 186 Å². The molecule has 0 saturated carbocycles. The van der Waals surface area contributed by atoms with E-state index in [-0.39, 0.29) is 24.0 Å². The zero-order valence-electron chi connectivity index (χ0n) is 15.7. The summed E-state index contributed by atoms with van der Waals surface area (Å²) in [6, 6.07) is 9.04. The molecule has 2 heterocycles. The number of aromatic nitrogens is 3. The molecule has 0 aliphatic carbocycles. The highest BCUT2D eigenvalue weighted by molar-refractivity contribution is 14.0. The van der Waals surface area contributed by atoms with Gasteiger partial charge in [0.2, 0.25) is 0 Å². The number of nitrogens with zero attached hydrogens (tertiary/aromatic N) is 5. The van der Waals surface area contributed by atoms with Gasteiger partial charge in [-0.05, 0) is 30.5 Å². The molecule has 0 bridgehead atoms. The van der Waals surface area contributed by atoms with Gasteiger partial charge >= 0.3 is 0 Å². The average Bonchev–Trinajstić information content (AvgIpc) is 3.07. The molecule has 27 heavy (non-hydrogen) atoms. The van der Waals surface area contributed by atoms with Crippen LogP contribution in [0.2, 0.25) is 0 Å². The van der Waals surface area contributed by atoms with Gasteiger partial charge in [-0.2, -0.15) is 5.10 Å². The number of rotatable bonds is 5. The van der Waals surface area contributed by atoms with Crippen LogP contribution in [0.1, 0.15) is 24.2 Å². The predicted molar refractivity (Wildman–Crippen MR) is 122 cm³/mol. The number of aryl methyl sites for hydroxylation is 1. The van der Waals surface area contributed by atoms with E-state index in [0.717, 1.165) is 48.7 Å². The Kier molecular flexibility index (Phi) is 8.97. The van der Waals surface area contributed by atoms with E-state index >= 15 is 0 Å². The van der Waals surface area contributed by atoms with Crippen molar-refractivity contribution in [1.82, 2.24) is 30.3 Å². The Morgan fingerprint density at radius 3 is 2.56 bits per heavy atom. The van der Waals surface area contributed by atoms with E-state index in [1.54, 1.807) is 18.1 Å². The minimum atomic E-state index is 0. The lowest BCUT2D eigenvalue weighted by molar-refractivity contribution is 0.198. The fraction of sp³-hybridized carbons (Fsp3) is 0.500. The Morgan fingerprint density at radius 2 is 1.96 bits per heavy atom. The number of hydrogen-bond donors (Lipinski definition) is 2. The maximum absolute atomic E-state index is 4.33. The predicted octanol–water partition coefficient (Wildman–Crippen LogP) is 2.53. The molecule has 7 nitrogen and oxygen atoms in total. The summed E-state index contributed by atoms with van der Waals surface area (Å²) in [6.45, 7) is 3.81. The quantitative estimate of drug-likeness (QED) is 0.342. The van der Waals surface area contributed by atoms with Crippen LogP contribution in [0.3, 0.4) is 0 Å². The normalized spacial score (nSPS) is 16.0. The van der Waals surface area contributed by atoms with Gasteiger partial charge in [-0.25, -0.2) is 4.98 Å². The topological polar surface area (TPSA) is 70.4 Å². The van der Waals surface area contributed by atoms with Crippen LogP contribution in [0.15, 0.2) is 40.1 Å². The first-order valence-electron chi connectivity index (χ1n) is 8.91. The number of piperidine rings is 1. The molecule has 1 fully saturated rings. The van der Waals surface area contributed by atoms with Crippen molar-refractivity contribution in [3.05, 3.63) is 46.5 Å². The van der Waals surface area contributed by atoms with E-state index in [2.05, 4.69) is 70.8 Å². The van der Waals surface area contributed by atoms with Gasteiger partial charge in [-0.3, -0.25) is 14.6 Å². The van der Waals surface area contributed by atoms with E-state index in [4.69, 9.17) is 0 Å². The summed E-state index contributed by atoms with van der Waals surface area (Å²) in [5.41, 5.74) is 1.36. The monoisotopic (exact) mass is 547 g/mol. The number of guanidine groups is 1. The molecule has 2 N–H and O–H groups in total. The van der Waals surface area contributed by atoms with Crippen LogP contribution in [-0.2, 0) is 20.1 Å². The average molecular weight is 548 g/mol. The van der Waals surface area contributed by atoms with Crippen LogP contribution in [-0.4, -0.2) is 51.8 Å². The zero-order chi connectivity index (χ0) is 18.4. The molecule has 0 atom stereocenters. The van der Waals surface area contributed by atoms with Gasteiger partial charge in [0, 0.05) is 44.2 Å². The minimum Gasteiger partial charge on any atom is -0.354 e. The minimum absolute atomic E-state index is 0. The van der Waals surface area contributed by atoms with Crippen LogP contribution < -0.4 is 10.6 Å². The van der Waals surface area contributed by atoms with Crippen LogP contribution in [0, 0.1) is 0 Å². The summed E-state index contributed by atoms with van der Waals surface area (Å²) in [5, 5.41) is 10.9. The van der Waals surface area contributed by atoms with Crippen molar-refractivity contribution < 1.29 is 0 Å². The second-order valence-corrected chi connectivity index (χ2v) is 7.46. The number of likely N-dealkylation sites (tertiary alicyclic amines) is 1. The Morgan fingerprint density at radius 1 is 1.26 bits per heavy atom. The first-order chi connectivity index (χ1) is 12.6. The molecule has 1 aliphatic heterocycles. The summed E-state index contributed by atoms with van der Waals surface area (Å²) in [7, 11) is 3.69. The molecule has 9 heteroatoms. The first kappa shape index (κ1) is 22.1. The third kappa shape index (κ3) is 6.72. The highest BCUT2D eigenvalue weighted by Gasteiger charge is 2.20. The van der Waals surface area contributed by atoms with Crippen molar-refractivity contribution >= 4 is 45.9 Å². The highest BCUT2D eigenvalue weighted by Crippen LogP contribution is 2.16. The molecule has 2 aromatic rings. The maximum atomic E-state index is 4.33. The summed E-state index contributed by atoms with van der Waals surface area (Å²) < 4.78 is 2.89. The molecule has 0 radical (unpaired) electrons. The Bertz CT molecular complexity index is 724. The molecule has 1 aromatic heterocycles. The third-order valence-electron chi connectivity index (χ3n) is 4.69. The number of halogens is 2. The summed E-state index contributed by atoms with van der Waals surface area (Å²) >= 11 is 3.49. The molecule has 1 aromatic carbocycles. The summed E-state index contributed by atoms with van der Waals surface area (Å²) in [4.78, 5) is 11.1. The summed E-state index contributed by atoms with van der Waals surface area (Å²) in [5.74, 6) is 1.71. The van der Waals surface area contributed by atoms with E-state index in [0.29, 0.717) is 12.6 Å². The second-order valence-electron chi connectivity index (χ2n) is 6.55. The molecule has 0 amide bonds. The van der Waals surface area contributed by atoms with Crippen molar-refractivity contribution in [3.8, 4) is 0 Å². The van der Waals surface area contributed by atoms with Crippen LogP contribution in [0.4, 0.5) is 0 Å². The lowest BCUT2D eigenvalue weighted by Gasteiger charge is -2.33. The van der Waals surface area contributed by atoms with Gasteiger partial charge in [0.05, 0.1) is 6.54 Å². The molecular formula is C18H27BrIN7. The van der Waals surface area contributed by atoms with Crippen LogP contribution in [0.25, 0.3) is 0 Å². The Hall–Kier alpha value is -1.20. The van der Waals surface area contributed by atoms with E-state index in [1.807, 2.05) is 7.05 Å². The van der Waals surface area contributed by atoms with E-state index < -0.39 is 0 Å². The summed E-state index contributed by atoms with van der Waals surface area (Å²) in [6.07, 6.45) is 3.79. The smallest absolute Gasteiger partial charge is 0.191 e. The molecule has 0 spiro atoms.